The van der Waals surface area contributed by atoms with Gasteiger partial charge in [0.2, 0.25) is 0 Å². The molecule has 1 aliphatic carbocycles. The van der Waals surface area contributed by atoms with Gasteiger partial charge in [0, 0.05) is 29.0 Å². The molecule has 0 radical (unpaired) electrons. The van der Waals surface area contributed by atoms with Gasteiger partial charge in [-0.2, -0.15) is 0 Å². The van der Waals surface area contributed by atoms with Gasteiger partial charge in [0.05, 0.1) is 5.69 Å². The van der Waals surface area contributed by atoms with E-state index < -0.39 is 11.8 Å². The summed E-state index contributed by atoms with van der Waals surface area (Å²) in [6.45, 7) is 5.66. The number of nitrogens with zero attached hydrogens (tertiary/aromatic N) is 1. The van der Waals surface area contributed by atoms with Crippen molar-refractivity contribution in [2.45, 2.75) is 46.0 Å². The first-order chi connectivity index (χ1) is 8.83. The van der Waals surface area contributed by atoms with E-state index in [0.717, 1.165) is 0 Å². The number of rotatable bonds is 2. The zero-order chi connectivity index (χ0) is 14.2. The van der Waals surface area contributed by atoms with E-state index in [1.54, 1.807) is 6.20 Å². The first-order valence-electron chi connectivity index (χ1n) is 6.60. The Labute approximate surface area is 112 Å². The van der Waals surface area contributed by atoms with Crippen molar-refractivity contribution < 1.29 is 13.6 Å². The van der Waals surface area contributed by atoms with Gasteiger partial charge >= 0.3 is 0 Å². The topological polar surface area (TPSA) is 30.0 Å². The van der Waals surface area contributed by atoms with Crippen molar-refractivity contribution in [1.29, 1.82) is 0 Å². The first-order valence-corrected chi connectivity index (χ1v) is 6.60. The van der Waals surface area contributed by atoms with Crippen LogP contribution in [0.15, 0.2) is 18.3 Å². The largest absolute Gasteiger partial charge is 0.299 e. The second kappa shape index (κ2) is 4.99. The molecule has 2 atom stereocenters. The molecule has 0 aromatic carbocycles. The average Bonchev–Trinajstić information content (AvgIpc) is 2.35. The predicted octanol–water partition coefficient (Wildman–Crippen LogP) is 4.13. The van der Waals surface area contributed by atoms with E-state index in [9.17, 15) is 13.6 Å². The number of aromatic nitrogens is 1. The van der Waals surface area contributed by atoms with E-state index in [0.29, 0.717) is 18.5 Å². The molecule has 1 aromatic rings. The fourth-order valence-corrected chi connectivity index (χ4v) is 3.16. The van der Waals surface area contributed by atoms with Crippen LogP contribution in [-0.4, -0.2) is 10.8 Å². The van der Waals surface area contributed by atoms with Crippen molar-refractivity contribution in [2.75, 3.05) is 0 Å². The van der Waals surface area contributed by atoms with Crippen LogP contribution in [0.3, 0.4) is 0 Å². The molecule has 19 heavy (non-hydrogen) atoms. The molecular weight excluding hydrogens is 248 g/mol. The van der Waals surface area contributed by atoms with E-state index in [1.807, 2.05) is 20.8 Å². The van der Waals surface area contributed by atoms with Crippen molar-refractivity contribution in [1.82, 2.24) is 4.98 Å². The number of carbonyl (C=O) groups excluding carboxylic acids is 1. The van der Waals surface area contributed by atoms with Crippen LogP contribution in [0.2, 0.25) is 0 Å². The second-order valence-electron chi connectivity index (χ2n) is 6.06. The zero-order valence-electron chi connectivity index (χ0n) is 11.5. The summed E-state index contributed by atoms with van der Waals surface area (Å²) in [5, 5.41) is 0. The van der Waals surface area contributed by atoms with Gasteiger partial charge < -0.3 is 0 Å². The van der Waals surface area contributed by atoms with Crippen LogP contribution in [-0.2, 0) is 4.79 Å². The highest BCUT2D eigenvalue weighted by Crippen LogP contribution is 2.44. The Balaban J connectivity index is 2.35. The summed E-state index contributed by atoms with van der Waals surface area (Å²) in [7, 11) is 0. The SMILES string of the molecule is CC1CC(c2ncccc2C(F)F)CC(C)(C)C1=O. The quantitative estimate of drug-likeness (QED) is 0.806. The van der Waals surface area contributed by atoms with Crippen LogP contribution in [0, 0.1) is 11.3 Å². The first kappa shape index (κ1) is 14.1. The van der Waals surface area contributed by atoms with Crippen molar-refractivity contribution in [3.8, 4) is 0 Å². The molecule has 0 spiro atoms. The molecule has 1 fully saturated rings. The summed E-state index contributed by atoms with van der Waals surface area (Å²) in [5.74, 6) is 0.0625. The van der Waals surface area contributed by atoms with Gasteiger partial charge in [-0.1, -0.05) is 20.8 Å². The minimum Gasteiger partial charge on any atom is -0.299 e. The van der Waals surface area contributed by atoms with Crippen LogP contribution in [0.5, 0.6) is 0 Å². The Morgan fingerprint density at radius 1 is 1.42 bits per heavy atom. The Hall–Kier alpha value is -1.32. The lowest BCUT2D eigenvalue weighted by atomic mass is 9.66. The molecule has 4 heteroatoms. The van der Waals surface area contributed by atoms with Crippen molar-refractivity contribution in [3.63, 3.8) is 0 Å². The molecule has 0 amide bonds. The highest BCUT2D eigenvalue weighted by atomic mass is 19.3. The maximum atomic E-state index is 13.0. The minimum atomic E-state index is -2.51. The number of carbonyl (C=O) groups is 1. The highest BCUT2D eigenvalue weighted by molar-refractivity contribution is 5.87. The van der Waals surface area contributed by atoms with E-state index in [-0.39, 0.29) is 23.2 Å². The Morgan fingerprint density at radius 3 is 2.68 bits per heavy atom. The zero-order valence-corrected chi connectivity index (χ0v) is 11.5. The average molecular weight is 267 g/mol. The lowest BCUT2D eigenvalue weighted by Crippen LogP contribution is -2.37. The van der Waals surface area contributed by atoms with Gasteiger partial charge in [-0.25, -0.2) is 8.78 Å². The molecule has 1 saturated carbocycles. The third-order valence-corrected chi connectivity index (χ3v) is 4.00. The van der Waals surface area contributed by atoms with Crippen LogP contribution in [0.4, 0.5) is 8.78 Å². The summed E-state index contributed by atoms with van der Waals surface area (Å²) >= 11 is 0. The number of alkyl halides is 2. The molecule has 1 heterocycles. The number of halogens is 2. The third-order valence-electron chi connectivity index (χ3n) is 4.00. The van der Waals surface area contributed by atoms with Gasteiger partial charge in [-0.3, -0.25) is 9.78 Å². The maximum absolute atomic E-state index is 13.0. The van der Waals surface area contributed by atoms with Gasteiger partial charge in [0.25, 0.3) is 6.43 Å². The van der Waals surface area contributed by atoms with Crippen molar-refractivity contribution in [3.05, 3.63) is 29.6 Å². The van der Waals surface area contributed by atoms with E-state index in [2.05, 4.69) is 4.98 Å². The Morgan fingerprint density at radius 2 is 2.11 bits per heavy atom. The van der Waals surface area contributed by atoms with Crippen LogP contribution in [0.25, 0.3) is 0 Å². The molecule has 0 aliphatic heterocycles. The third kappa shape index (κ3) is 2.67. The summed E-state index contributed by atoms with van der Waals surface area (Å²) in [6, 6.07) is 2.97. The monoisotopic (exact) mass is 267 g/mol. The molecule has 2 rings (SSSR count). The van der Waals surface area contributed by atoms with Gasteiger partial charge in [0.15, 0.2) is 0 Å². The molecule has 1 aliphatic rings. The van der Waals surface area contributed by atoms with E-state index in [4.69, 9.17) is 0 Å². The van der Waals surface area contributed by atoms with Gasteiger partial charge in [-0.05, 0) is 25.0 Å². The smallest absolute Gasteiger partial charge is 0.265 e. The van der Waals surface area contributed by atoms with Crippen molar-refractivity contribution >= 4 is 5.78 Å². The van der Waals surface area contributed by atoms with Gasteiger partial charge in [0.1, 0.15) is 5.78 Å². The highest BCUT2D eigenvalue weighted by Gasteiger charge is 2.41. The molecule has 1 aromatic heterocycles. The number of hydrogen-bond donors (Lipinski definition) is 0. The normalized spacial score (nSPS) is 26.7. The number of Topliss-reactive ketones (excluding diaryl/α,β-unsaturated/α-hetero) is 1. The number of pyridine rings is 1. The molecular formula is C15H19F2NO. The molecule has 0 bridgehead atoms. The van der Waals surface area contributed by atoms with Gasteiger partial charge in [-0.15, -0.1) is 0 Å². The fourth-order valence-electron chi connectivity index (χ4n) is 3.16. The molecule has 0 N–H and O–H groups in total. The Kier molecular flexibility index (Phi) is 3.70. The summed E-state index contributed by atoms with van der Waals surface area (Å²) in [6.07, 6.45) is 0.237. The predicted molar refractivity (Wildman–Crippen MR) is 69.1 cm³/mol. The van der Waals surface area contributed by atoms with Crippen LogP contribution < -0.4 is 0 Å². The van der Waals surface area contributed by atoms with E-state index >= 15 is 0 Å². The molecule has 104 valence electrons. The lowest BCUT2D eigenvalue weighted by molar-refractivity contribution is -0.134. The summed E-state index contributed by atoms with van der Waals surface area (Å²) in [4.78, 5) is 16.2. The standard InChI is InChI=1S/C15H19F2NO/c1-9-7-10(8-15(2,3)13(9)19)12-11(14(16)17)5-4-6-18-12/h4-6,9-10,14H,7-8H2,1-3H3. The number of ketones is 1. The number of hydrogen-bond acceptors (Lipinski definition) is 2. The van der Waals surface area contributed by atoms with Crippen molar-refractivity contribution in [2.24, 2.45) is 11.3 Å². The maximum Gasteiger partial charge on any atom is 0.265 e. The van der Waals surface area contributed by atoms with E-state index in [1.165, 1.54) is 12.1 Å². The fraction of sp³-hybridized carbons (Fsp3) is 0.600. The molecule has 2 nitrogen and oxygen atoms in total. The molecule has 2 unspecified atom stereocenters. The van der Waals surface area contributed by atoms with Crippen LogP contribution >= 0.6 is 0 Å². The summed E-state index contributed by atoms with van der Waals surface area (Å²) < 4.78 is 26.1. The lowest BCUT2D eigenvalue weighted by Gasteiger charge is -2.37. The summed E-state index contributed by atoms with van der Waals surface area (Å²) in [5.41, 5.74) is 0.00830. The molecule has 0 saturated heterocycles. The second-order valence-corrected chi connectivity index (χ2v) is 6.06. The Bertz CT molecular complexity index is 485. The minimum absolute atomic E-state index is 0.00449. The van der Waals surface area contributed by atoms with Crippen LogP contribution in [0.1, 0.15) is 57.2 Å².